The Morgan fingerprint density at radius 3 is 2.83 bits per heavy atom. The van der Waals surface area contributed by atoms with Crippen molar-refractivity contribution in [2.24, 2.45) is 0 Å². The Morgan fingerprint density at radius 1 is 1.58 bits per heavy atom. The van der Waals surface area contributed by atoms with Crippen LogP contribution in [-0.2, 0) is 9.59 Å². The molecule has 1 amide bonds. The van der Waals surface area contributed by atoms with E-state index in [-0.39, 0.29) is 18.1 Å². The number of Topliss-reactive ketones (excluding diaryl/α,β-unsaturated/α-hetero) is 1. The maximum atomic E-state index is 11.0. The molecule has 4 heteroatoms. The lowest BCUT2D eigenvalue weighted by Gasteiger charge is -1.98. The Hall–Kier alpha value is -1.16. The number of carbonyl (C=O) groups excluding carboxylic acids is 2. The molecule has 3 nitrogen and oxygen atoms in total. The number of rotatable bonds is 3. The van der Waals surface area contributed by atoms with Crippen LogP contribution < -0.4 is 5.32 Å². The van der Waals surface area contributed by atoms with E-state index in [4.69, 9.17) is 0 Å². The van der Waals surface area contributed by atoms with Gasteiger partial charge in [0.15, 0.2) is 0 Å². The van der Waals surface area contributed by atoms with Crippen LogP contribution in [0.2, 0.25) is 0 Å². The van der Waals surface area contributed by atoms with Gasteiger partial charge in [0.1, 0.15) is 5.78 Å². The van der Waals surface area contributed by atoms with E-state index < -0.39 is 0 Å². The Bertz CT molecular complexity index is 279. The predicted octanol–water partition coefficient (Wildman–Crippen LogP) is 1.67. The molecule has 0 fully saturated rings. The fourth-order valence-electron chi connectivity index (χ4n) is 0.757. The highest BCUT2D eigenvalue weighted by atomic mass is 32.1. The predicted molar refractivity (Wildman–Crippen MR) is 48.2 cm³/mol. The molecule has 0 unspecified atom stereocenters. The summed E-state index contributed by atoms with van der Waals surface area (Å²) in [6, 6.07) is 3.64. The van der Waals surface area contributed by atoms with Gasteiger partial charge in [0.25, 0.3) is 0 Å². The Morgan fingerprint density at radius 2 is 2.33 bits per heavy atom. The average molecular weight is 183 g/mol. The van der Waals surface area contributed by atoms with Crippen LogP contribution in [0.15, 0.2) is 17.5 Å². The molecule has 0 atom stereocenters. The van der Waals surface area contributed by atoms with Gasteiger partial charge in [0.05, 0.1) is 11.4 Å². The van der Waals surface area contributed by atoms with E-state index in [9.17, 15) is 9.59 Å². The lowest BCUT2D eigenvalue weighted by Crippen LogP contribution is -2.13. The second-order valence-corrected chi connectivity index (χ2v) is 3.35. The monoisotopic (exact) mass is 183 g/mol. The Kier molecular flexibility index (Phi) is 2.99. The first kappa shape index (κ1) is 8.93. The first-order chi connectivity index (χ1) is 5.68. The summed E-state index contributed by atoms with van der Waals surface area (Å²) >= 11 is 1.44. The molecule has 0 bridgehead atoms. The third kappa shape index (κ3) is 2.84. The van der Waals surface area contributed by atoms with Crippen LogP contribution in [-0.4, -0.2) is 11.7 Å². The minimum absolute atomic E-state index is 0.0438. The van der Waals surface area contributed by atoms with Gasteiger partial charge in [-0.15, -0.1) is 11.3 Å². The molecule has 1 rings (SSSR count). The molecule has 0 spiro atoms. The number of nitrogens with one attached hydrogen (secondary N) is 1. The van der Waals surface area contributed by atoms with Crippen molar-refractivity contribution in [3.8, 4) is 0 Å². The molecule has 0 saturated carbocycles. The third-order valence-electron chi connectivity index (χ3n) is 1.19. The smallest absolute Gasteiger partial charge is 0.232 e. The molecule has 0 saturated heterocycles. The number of carbonyl (C=O) groups is 2. The number of hydrogen-bond acceptors (Lipinski definition) is 3. The molecular weight excluding hydrogens is 174 g/mol. The molecule has 1 heterocycles. The van der Waals surface area contributed by atoms with Crippen molar-refractivity contribution in [2.45, 2.75) is 13.3 Å². The van der Waals surface area contributed by atoms with Gasteiger partial charge in [-0.1, -0.05) is 0 Å². The first-order valence-electron chi connectivity index (χ1n) is 3.51. The summed E-state index contributed by atoms with van der Waals surface area (Å²) in [6.07, 6.45) is -0.0438. The van der Waals surface area contributed by atoms with Gasteiger partial charge >= 0.3 is 0 Å². The van der Waals surface area contributed by atoms with Crippen molar-refractivity contribution in [1.82, 2.24) is 0 Å². The van der Waals surface area contributed by atoms with Crippen LogP contribution in [0.25, 0.3) is 0 Å². The van der Waals surface area contributed by atoms with Gasteiger partial charge in [-0.2, -0.15) is 0 Å². The quantitative estimate of drug-likeness (QED) is 0.724. The van der Waals surface area contributed by atoms with Crippen LogP contribution in [0, 0.1) is 0 Å². The second kappa shape index (κ2) is 4.01. The van der Waals surface area contributed by atoms with E-state index in [1.54, 1.807) is 6.07 Å². The average Bonchev–Trinajstić information content (AvgIpc) is 2.37. The maximum Gasteiger partial charge on any atom is 0.232 e. The van der Waals surface area contributed by atoms with E-state index in [1.165, 1.54) is 18.3 Å². The summed E-state index contributed by atoms with van der Waals surface area (Å²) in [7, 11) is 0. The highest BCUT2D eigenvalue weighted by Gasteiger charge is 2.04. The van der Waals surface area contributed by atoms with Crippen LogP contribution >= 0.6 is 11.3 Å². The molecule has 0 aromatic carbocycles. The van der Waals surface area contributed by atoms with Gasteiger partial charge in [0, 0.05) is 0 Å². The van der Waals surface area contributed by atoms with Crippen LogP contribution in [0.1, 0.15) is 13.3 Å². The van der Waals surface area contributed by atoms with Gasteiger partial charge in [-0.3, -0.25) is 9.59 Å². The standard InChI is InChI=1S/C8H9NO2S/c1-6(10)5-7(11)9-8-3-2-4-12-8/h2-4H,5H2,1H3,(H,9,11). The van der Waals surface area contributed by atoms with Crippen molar-refractivity contribution >= 4 is 28.0 Å². The molecule has 0 aliphatic carbocycles. The summed E-state index contributed by atoms with van der Waals surface area (Å²) in [5.74, 6) is -0.367. The van der Waals surface area contributed by atoms with E-state index in [0.29, 0.717) is 0 Å². The fourth-order valence-corrected chi connectivity index (χ4v) is 1.39. The van der Waals surface area contributed by atoms with Crippen LogP contribution in [0.3, 0.4) is 0 Å². The van der Waals surface area contributed by atoms with E-state index in [0.717, 1.165) is 5.00 Å². The Labute approximate surface area is 74.4 Å². The zero-order valence-corrected chi connectivity index (χ0v) is 7.48. The zero-order valence-electron chi connectivity index (χ0n) is 6.66. The van der Waals surface area contributed by atoms with Crippen molar-refractivity contribution in [2.75, 3.05) is 5.32 Å². The van der Waals surface area contributed by atoms with Crippen LogP contribution in [0.5, 0.6) is 0 Å². The van der Waals surface area contributed by atoms with E-state index >= 15 is 0 Å². The highest BCUT2D eigenvalue weighted by Crippen LogP contribution is 2.14. The van der Waals surface area contributed by atoms with Gasteiger partial charge in [-0.25, -0.2) is 0 Å². The first-order valence-corrected chi connectivity index (χ1v) is 4.39. The van der Waals surface area contributed by atoms with E-state index in [2.05, 4.69) is 5.32 Å². The maximum absolute atomic E-state index is 11.0. The third-order valence-corrected chi connectivity index (χ3v) is 1.98. The summed E-state index contributed by atoms with van der Waals surface area (Å²) in [6.45, 7) is 1.40. The number of hydrogen-bond donors (Lipinski definition) is 1. The van der Waals surface area contributed by atoms with Gasteiger partial charge in [-0.05, 0) is 24.4 Å². The summed E-state index contributed by atoms with van der Waals surface area (Å²) in [5.41, 5.74) is 0. The SMILES string of the molecule is CC(=O)CC(=O)Nc1cccs1. The zero-order chi connectivity index (χ0) is 8.97. The molecule has 1 aromatic heterocycles. The number of amides is 1. The largest absolute Gasteiger partial charge is 0.317 e. The number of anilines is 1. The number of ketones is 1. The molecule has 0 radical (unpaired) electrons. The molecule has 64 valence electrons. The lowest BCUT2D eigenvalue weighted by atomic mass is 10.3. The van der Waals surface area contributed by atoms with Gasteiger partial charge in [0.2, 0.25) is 5.91 Å². The van der Waals surface area contributed by atoms with Crippen molar-refractivity contribution in [3.05, 3.63) is 17.5 Å². The number of thiophene rings is 1. The second-order valence-electron chi connectivity index (χ2n) is 2.40. The van der Waals surface area contributed by atoms with Crippen molar-refractivity contribution < 1.29 is 9.59 Å². The topological polar surface area (TPSA) is 46.2 Å². The summed E-state index contributed by atoms with van der Waals surface area (Å²) in [4.78, 5) is 21.5. The van der Waals surface area contributed by atoms with Gasteiger partial charge < -0.3 is 5.32 Å². The molecule has 1 N–H and O–H groups in total. The highest BCUT2D eigenvalue weighted by molar-refractivity contribution is 7.14. The van der Waals surface area contributed by atoms with Crippen molar-refractivity contribution in [1.29, 1.82) is 0 Å². The van der Waals surface area contributed by atoms with E-state index in [1.807, 2.05) is 11.4 Å². The Balaban J connectivity index is 2.42. The summed E-state index contributed by atoms with van der Waals surface area (Å²) in [5, 5.41) is 5.26. The van der Waals surface area contributed by atoms with Crippen molar-refractivity contribution in [3.63, 3.8) is 0 Å². The minimum Gasteiger partial charge on any atom is -0.317 e. The minimum atomic E-state index is -0.245. The normalized spacial score (nSPS) is 9.42. The molecule has 12 heavy (non-hydrogen) atoms. The molecule has 0 aliphatic rings. The molecular formula is C8H9NO2S. The summed E-state index contributed by atoms with van der Waals surface area (Å²) < 4.78 is 0. The van der Waals surface area contributed by atoms with Crippen LogP contribution in [0.4, 0.5) is 5.00 Å². The fraction of sp³-hybridized carbons (Fsp3) is 0.250. The lowest BCUT2D eigenvalue weighted by molar-refractivity contribution is -0.124. The molecule has 1 aromatic rings. The molecule has 0 aliphatic heterocycles.